The number of halogens is 1. The number of nitrogens with one attached hydrogen (secondary N) is 2. The third-order valence-corrected chi connectivity index (χ3v) is 3.94. The van der Waals surface area contributed by atoms with Gasteiger partial charge in [-0.25, -0.2) is 0 Å². The molecule has 0 fully saturated rings. The van der Waals surface area contributed by atoms with Crippen molar-refractivity contribution in [2.24, 2.45) is 0 Å². The summed E-state index contributed by atoms with van der Waals surface area (Å²) in [5.41, 5.74) is 3.31. The molecule has 0 aliphatic heterocycles. The van der Waals surface area contributed by atoms with Crippen molar-refractivity contribution < 1.29 is 9.59 Å². The van der Waals surface area contributed by atoms with Crippen LogP contribution < -0.4 is 5.32 Å². The van der Waals surface area contributed by atoms with Gasteiger partial charge >= 0.3 is 0 Å². The predicted octanol–water partition coefficient (Wildman–Crippen LogP) is 4.58. The van der Waals surface area contributed by atoms with Gasteiger partial charge in [0.15, 0.2) is 5.78 Å². The zero-order chi connectivity index (χ0) is 16.6. The highest BCUT2D eigenvalue weighted by molar-refractivity contribution is 6.31. The SMILES string of the molecule is CC(=O)c1cccc(NC(=O)c2c(C)[nH]c3cc(Cl)ccc23)c1. The molecule has 1 heterocycles. The van der Waals surface area contributed by atoms with E-state index >= 15 is 0 Å². The summed E-state index contributed by atoms with van der Waals surface area (Å²) in [4.78, 5) is 27.2. The molecule has 1 amide bonds. The molecule has 0 bridgehead atoms. The Morgan fingerprint density at radius 2 is 1.91 bits per heavy atom. The summed E-state index contributed by atoms with van der Waals surface area (Å²) in [7, 11) is 0. The molecule has 0 saturated carbocycles. The molecule has 1 aromatic heterocycles. The molecule has 0 saturated heterocycles. The van der Waals surface area contributed by atoms with E-state index in [1.165, 1.54) is 6.92 Å². The van der Waals surface area contributed by atoms with Crippen molar-refractivity contribution in [2.45, 2.75) is 13.8 Å². The highest BCUT2D eigenvalue weighted by atomic mass is 35.5. The number of aromatic nitrogens is 1. The van der Waals surface area contributed by atoms with Crippen molar-refractivity contribution in [3.05, 3.63) is 64.3 Å². The summed E-state index contributed by atoms with van der Waals surface area (Å²) >= 11 is 5.98. The highest BCUT2D eigenvalue weighted by Crippen LogP contribution is 2.26. The molecule has 2 N–H and O–H groups in total. The first kappa shape index (κ1) is 15.3. The Bertz CT molecular complexity index is 928. The number of aryl methyl sites for hydroxylation is 1. The maximum Gasteiger partial charge on any atom is 0.258 e. The Morgan fingerprint density at radius 1 is 1.13 bits per heavy atom. The number of Topliss-reactive ketones (excluding diaryl/α,β-unsaturated/α-hetero) is 1. The highest BCUT2D eigenvalue weighted by Gasteiger charge is 2.16. The molecule has 0 aliphatic rings. The van der Waals surface area contributed by atoms with Crippen LogP contribution >= 0.6 is 11.6 Å². The number of amides is 1. The van der Waals surface area contributed by atoms with Gasteiger partial charge in [0.1, 0.15) is 0 Å². The van der Waals surface area contributed by atoms with Gasteiger partial charge in [0.05, 0.1) is 5.56 Å². The lowest BCUT2D eigenvalue weighted by atomic mass is 10.1. The van der Waals surface area contributed by atoms with Crippen LogP contribution in [0.3, 0.4) is 0 Å². The number of rotatable bonds is 3. The summed E-state index contributed by atoms with van der Waals surface area (Å²) in [5.74, 6) is -0.268. The first-order valence-electron chi connectivity index (χ1n) is 7.16. The van der Waals surface area contributed by atoms with Gasteiger partial charge < -0.3 is 10.3 Å². The van der Waals surface area contributed by atoms with E-state index in [9.17, 15) is 9.59 Å². The van der Waals surface area contributed by atoms with E-state index in [1.54, 1.807) is 36.4 Å². The minimum absolute atomic E-state index is 0.0426. The van der Waals surface area contributed by atoms with Crippen molar-refractivity contribution in [3.8, 4) is 0 Å². The van der Waals surface area contributed by atoms with E-state index in [0.717, 1.165) is 16.6 Å². The van der Waals surface area contributed by atoms with Crippen molar-refractivity contribution in [1.82, 2.24) is 4.98 Å². The third-order valence-electron chi connectivity index (χ3n) is 3.70. The van der Waals surface area contributed by atoms with Gasteiger partial charge in [0.25, 0.3) is 5.91 Å². The molecule has 0 radical (unpaired) electrons. The quantitative estimate of drug-likeness (QED) is 0.692. The molecule has 0 unspecified atom stereocenters. The minimum atomic E-state index is -0.225. The van der Waals surface area contributed by atoms with E-state index in [1.807, 2.05) is 13.0 Å². The van der Waals surface area contributed by atoms with Crippen molar-refractivity contribution >= 4 is 39.9 Å². The Hall–Kier alpha value is -2.59. The average molecular weight is 327 g/mol. The number of fused-ring (bicyclic) bond motifs is 1. The lowest BCUT2D eigenvalue weighted by Gasteiger charge is -2.07. The fourth-order valence-corrected chi connectivity index (χ4v) is 2.78. The summed E-state index contributed by atoms with van der Waals surface area (Å²) < 4.78 is 0. The van der Waals surface area contributed by atoms with Gasteiger partial charge in [-0.05, 0) is 38.1 Å². The molecule has 0 aliphatic carbocycles. The molecule has 4 nitrogen and oxygen atoms in total. The fourth-order valence-electron chi connectivity index (χ4n) is 2.61. The number of H-pyrrole nitrogens is 1. The summed E-state index contributed by atoms with van der Waals surface area (Å²) in [5, 5.41) is 4.27. The molecule has 0 atom stereocenters. The van der Waals surface area contributed by atoms with Gasteiger partial charge in [-0.1, -0.05) is 29.8 Å². The number of carbonyl (C=O) groups is 2. The summed E-state index contributed by atoms with van der Waals surface area (Å²) in [6, 6.07) is 12.3. The first-order valence-corrected chi connectivity index (χ1v) is 7.53. The van der Waals surface area contributed by atoms with Crippen molar-refractivity contribution in [2.75, 3.05) is 5.32 Å². The number of hydrogen-bond acceptors (Lipinski definition) is 2. The van der Waals surface area contributed by atoms with Crippen LogP contribution in [0, 0.1) is 6.92 Å². The van der Waals surface area contributed by atoms with Gasteiger partial charge in [-0.15, -0.1) is 0 Å². The fraction of sp³-hybridized carbons (Fsp3) is 0.111. The van der Waals surface area contributed by atoms with Gasteiger partial charge in [-0.3, -0.25) is 9.59 Å². The number of aromatic amines is 1. The van der Waals surface area contributed by atoms with Gasteiger partial charge in [0.2, 0.25) is 0 Å². The van der Waals surface area contributed by atoms with Crippen LogP contribution in [-0.2, 0) is 0 Å². The second-order valence-corrected chi connectivity index (χ2v) is 5.84. The van der Waals surface area contributed by atoms with Crippen LogP contribution in [0.25, 0.3) is 10.9 Å². The van der Waals surface area contributed by atoms with Crippen LogP contribution in [0.5, 0.6) is 0 Å². The van der Waals surface area contributed by atoms with Crippen molar-refractivity contribution in [3.63, 3.8) is 0 Å². The van der Waals surface area contributed by atoms with Gasteiger partial charge in [-0.2, -0.15) is 0 Å². The predicted molar refractivity (Wildman–Crippen MR) is 92.4 cm³/mol. The van der Waals surface area contributed by atoms with E-state index in [4.69, 9.17) is 11.6 Å². The lowest BCUT2D eigenvalue weighted by Crippen LogP contribution is -2.13. The second kappa shape index (κ2) is 5.89. The zero-order valence-corrected chi connectivity index (χ0v) is 13.5. The van der Waals surface area contributed by atoms with Gasteiger partial charge in [0, 0.05) is 32.9 Å². The zero-order valence-electron chi connectivity index (χ0n) is 12.7. The second-order valence-electron chi connectivity index (χ2n) is 5.41. The van der Waals surface area contributed by atoms with Crippen molar-refractivity contribution in [1.29, 1.82) is 0 Å². The van der Waals surface area contributed by atoms with Crippen LogP contribution in [0.4, 0.5) is 5.69 Å². The van der Waals surface area contributed by atoms with E-state index in [0.29, 0.717) is 21.8 Å². The van der Waals surface area contributed by atoms with Crippen LogP contribution in [0.2, 0.25) is 5.02 Å². The van der Waals surface area contributed by atoms with E-state index in [-0.39, 0.29) is 11.7 Å². The summed E-state index contributed by atoms with van der Waals surface area (Å²) in [6.45, 7) is 3.34. The minimum Gasteiger partial charge on any atom is -0.358 e. The molecule has 116 valence electrons. The number of ketones is 1. The van der Waals surface area contributed by atoms with Crippen LogP contribution in [0.1, 0.15) is 33.3 Å². The average Bonchev–Trinajstić information content (AvgIpc) is 2.82. The molecular formula is C18H15ClN2O2. The number of carbonyl (C=O) groups excluding carboxylic acids is 2. The maximum atomic E-state index is 12.6. The molecule has 2 aromatic carbocycles. The topological polar surface area (TPSA) is 62.0 Å². The number of benzene rings is 2. The Kier molecular flexibility index (Phi) is 3.92. The smallest absolute Gasteiger partial charge is 0.258 e. The van der Waals surface area contributed by atoms with E-state index in [2.05, 4.69) is 10.3 Å². The molecule has 0 spiro atoms. The first-order chi connectivity index (χ1) is 11.0. The monoisotopic (exact) mass is 326 g/mol. The molecular weight excluding hydrogens is 312 g/mol. The Labute approximate surface area is 138 Å². The largest absolute Gasteiger partial charge is 0.358 e. The lowest BCUT2D eigenvalue weighted by molar-refractivity contribution is 0.101. The molecule has 5 heteroatoms. The Morgan fingerprint density at radius 3 is 2.65 bits per heavy atom. The van der Waals surface area contributed by atoms with Crippen LogP contribution in [-0.4, -0.2) is 16.7 Å². The third kappa shape index (κ3) is 2.98. The molecule has 3 rings (SSSR count). The molecule has 3 aromatic rings. The summed E-state index contributed by atoms with van der Waals surface area (Å²) in [6.07, 6.45) is 0. The normalized spacial score (nSPS) is 10.7. The Balaban J connectivity index is 1.96. The number of hydrogen-bond donors (Lipinski definition) is 2. The van der Waals surface area contributed by atoms with E-state index < -0.39 is 0 Å². The van der Waals surface area contributed by atoms with Crippen LogP contribution in [0.15, 0.2) is 42.5 Å². The standard InChI is InChI=1S/C18H15ClN2O2/c1-10-17(15-7-6-13(19)9-16(15)20-10)18(23)21-14-5-3-4-12(8-14)11(2)22/h3-9,20H,1-2H3,(H,21,23). The maximum absolute atomic E-state index is 12.6. The molecule has 23 heavy (non-hydrogen) atoms. The number of anilines is 1.